The SMILES string of the molecule is CCCCCCCCCCCCCCCCC(C)(O)C[N+](C)(C)CCCCCCC(=O)[O-]. The number of carboxylic acid groups (broad SMARTS) is 1. The summed E-state index contributed by atoms with van der Waals surface area (Å²) in [4.78, 5) is 10.4. The van der Waals surface area contributed by atoms with Gasteiger partial charge >= 0.3 is 0 Å². The van der Waals surface area contributed by atoms with Gasteiger partial charge in [0.15, 0.2) is 0 Å². The van der Waals surface area contributed by atoms with Crippen LogP contribution in [0.3, 0.4) is 0 Å². The fourth-order valence-corrected chi connectivity index (χ4v) is 4.94. The molecule has 0 bridgehead atoms. The maximum Gasteiger partial charge on any atom is 0.111 e. The van der Waals surface area contributed by atoms with Crippen molar-refractivity contribution in [2.75, 3.05) is 27.2 Å². The zero-order valence-electron chi connectivity index (χ0n) is 22.3. The maximum atomic E-state index is 10.9. The molecule has 0 aliphatic carbocycles. The predicted molar refractivity (Wildman–Crippen MR) is 135 cm³/mol. The number of carboxylic acids is 1. The molecule has 0 fully saturated rings. The van der Waals surface area contributed by atoms with Crippen molar-refractivity contribution in [2.24, 2.45) is 0 Å². The van der Waals surface area contributed by atoms with Gasteiger partial charge in [-0.1, -0.05) is 103 Å². The second-order valence-electron chi connectivity index (χ2n) is 11.2. The highest BCUT2D eigenvalue weighted by atomic mass is 16.4. The molecular weight excluding hydrogens is 398 g/mol. The van der Waals surface area contributed by atoms with Gasteiger partial charge in [-0.05, 0) is 39.0 Å². The summed E-state index contributed by atoms with van der Waals surface area (Å²) in [7, 11) is 4.39. The summed E-state index contributed by atoms with van der Waals surface area (Å²) in [5.74, 6) is -0.944. The molecule has 0 aromatic heterocycles. The fourth-order valence-electron chi connectivity index (χ4n) is 4.94. The molecule has 0 aromatic rings. The van der Waals surface area contributed by atoms with Crippen LogP contribution in [-0.2, 0) is 4.79 Å². The first kappa shape index (κ1) is 31.4. The van der Waals surface area contributed by atoms with Crippen molar-refractivity contribution in [3.05, 3.63) is 0 Å². The lowest BCUT2D eigenvalue weighted by molar-refractivity contribution is -0.896. The maximum absolute atomic E-state index is 10.9. The average molecular weight is 456 g/mol. The van der Waals surface area contributed by atoms with Gasteiger partial charge in [0.2, 0.25) is 0 Å². The van der Waals surface area contributed by atoms with E-state index in [-0.39, 0.29) is 6.42 Å². The highest BCUT2D eigenvalue weighted by Crippen LogP contribution is 2.20. The molecule has 0 amide bonds. The molecule has 0 saturated carbocycles. The monoisotopic (exact) mass is 455 g/mol. The quantitative estimate of drug-likeness (QED) is 0.136. The molecule has 0 radical (unpaired) electrons. The Morgan fingerprint density at radius 1 is 0.719 bits per heavy atom. The zero-order chi connectivity index (χ0) is 24.1. The number of unbranched alkanes of at least 4 members (excludes halogenated alkanes) is 16. The van der Waals surface area contributed by atoms with Gasteiger partial charge in [0.25, 0.3) is 0 Å². The van der Waals surface area contributed by atoms with Crippen LogP contribution in [-0.4, -0.2) is 48.3 Å². The van der Waals surface area contributed by atoms with Gasteiger partial charge in [0.05, 0.1) is 20.6 Å². The Labute approximate surface area is 200 Å². The van der Waals surface area contributed by atoms with Crippen LogP contribution >= 0.6 is 0 Å². The number of carbonyl (C=O) groups is 1. The van der Waals surface area contributed by atoms with E-state index in [0.717, 1.165) is 49.7 Å². The number of likely N-dealkylation sites (N-methyl/N-ethyl adjacent to an activating group) is 1. The third kappa shape index (κ3) is 22.6. The lowest BCUT2D eigenvalue weighted by atomic mass is 9.96. The highest BCUT2D eigenvalue weighted by Gasteiger charge is 2.29. The van der Waals surface area contributed by atoms with Crippen molar-refractivity contribution in [1.29, 1.82) is 0 Å². The van der Waals surface area contributed by atoms with E-state index in [1.165, 1.54) is 83.5 Å². The summed E-state index contributed by atoms with van der Waals surface area (Å²) >= 11 is 0. The Morgan fingerprint density at radius 3 is 1.59 bits per heavy atom. The van der Waals surface area contributed by atoms with E-state index in [0.29, 0.717) is 6.42 Å². The number of hydrogen-bond donors (Lipinski definition) is 1. The molecular formula is C28H57NO3. The average Bonchev–Trinajstić information content (AvgIpc) is 2.69. The van der Waals surface area contributed by atoms with E-state index < -0.39 is 11.6 Å². The number of hydrogen-bond acceptors (Lipinski definition) is 3. The summed E-state index contributed by atoms with van der Waals surface area (Å²) in [5.41, 5.74) is -0.602. The van der Waals surface area contributed by atoms with Crippen LogP contribution in [0.1, 0.15) is 142 Å². The van der Waals surface area contributed by atoms with Crippen LogP contribution in [0, 0.1) is 0 Å². The Morgan fingerprint density at radius 2 is 1.12 bits per heavy atom. The van der Waals surface area contributed by atoms with Crippen molar-refractivity contribution in [3.8, 4) is 0 Å². The summed E-state index contributed by atoms with van der Waals surface area (Å²) in [5, 5.41) is 21.3. The summed E-state index contributed by atoms with van der Waals surface area (Å²) < 4.78 is 0.825. The minimum atomic E-state index is -0.944. The molecule has 0 rings (SSSR count). The number of aliphatic hydroxyl groups is 1. The van der Waals surface area contributed by atoms with E-state index in [4.69, 9.17) is 0 Å². The summed E-state index contributed by atoms with van der Waals surface area (Å²) in [6.45, 7) is 6.08. The van der Waals surface area contributed by atoms with Crippen molar-refractivity contribution in [3.63, 3.8) is 0 Å². The smallest absolute Gasteiger partial charge is 0.111 e. The number of aliphatic carboxylic acids is 1. The Kier molecular flexibility index (Phi) is 19.4. The number of nitrogens with zero attached hydrogens (tertiary/aromatic N) is 1. The van der Waals surface area contributed by atoms with E-state index in [1.54, 1.807) is 0 Å². The van der Waals surface area contributed by atoms with Crippen LogP contribution < -0.4 is 5.11 Å². The van der Waals surface area contributed by atoms with Crippen LogP contribution in [0.25, 0.3) is 0 Å². The summed E-state index contributed by atoms with van der Waals surface area (Å²) in [6.07, 6.45) is 23.9. The first-order chi connectivity index (χ1) is 15.2. The molecule has 0 aliphatic rings. The Bertz CT molecular complexity index is 434. The molecule has 0 spiro atoms. The second-order valence-corrected chi connectivity index (χ2v) is 11.2. The molecule has 1 N–H and O–H groups in total. The van der Waals surface area contributed by atoms with Crippen LogP contribution in [0.2, 0.25) is 0 Å². The van der Waals surface area contributed by atoms with E-state index >= 15 is 0 Å². The standard InChI is InChI=1S/C28H57NO3/c1-5-6-7-8-9-10-11-12-13-14-15-16-18-21-24-28(2,32)26-29(3,4)25-22-19-17-20-23-27(30)31/h32H,5-26H2,1-4H3. The molecule has 0 heterocycles. The van der Waals surface area contributed by atoms with Crippen molar-refractivity contribution >= 4 is 5.97 Å². The number of quaternary nitrogens is 1. The van der Waals surface area contributed by atoms with Crippen molar-refractivity contribution in [2.45, 2.75) is 148 Å². The molecule has 4 nitrogen and oxygen atoms in total. The van der Waals surface area contributed by atoms with Gasteiger partial charge in [-0.2, -0.15) is 0 Å². The molecule has 0 saturated heterocycles. The van der Waals surface area contributed by atoms with Crippen LogP contribution in [0.5, 0.6) is 0 Å². The first-order valence-corrected chi connectivity index (χ1v) is 13.9. The van der Waals surface area contributed by atoms with Crippen molar-refractivity contribution in [1.82, 2.24) is 0 Å². The first-order valence-electron chi connectivity index (χ1n) is 13.9. The van der Waals surface area contributed by atoms with Crippen LogP contribution in [0.4, 0.5) is 0 Å². The molecule has 32 heavy (non-hydrogen) atoms. The minimum Gasteiger partial charge on any atom is -0.550 e. The third-order valence-electron chi connectivity index (χ3n) is 6.73. The number of carbonyl (C=O) groups excluding carboxylic acids is 1. The largest absolute Gasteiger partial charge is 0.550 e. The molecule has 0 aromatic carbocycles. The Balaban J connectivity index is 3.61. The van der Waals surface area contributed by atoms with E-state index in [2.05, 4.69) is 21.0 Å². The number of rotatable bonds is 24. The molecule has 1 atom stereocenters. The third-order valence-corrected chi connectivity index (χ3v) is 6.73. The lowest BCUT2D eigenvalue weighted by Gasteiger charge is -2.36. The van der Waals surface area contributed by atoms with Gasteiger partial charge in [-0.3, -0.25) is 0 Å². The van der Waals surface area contributed by atoms with E-state index in [1.807, 2.05) is 6.92 Å². The molecule has 1 unspecified atom stereocenters. The highest BCUT2D eigenvalue weighted by molar-refractivity contribution is 5.63. The molecule has 4 heteroatoms. The summed E-state index contributed by atoms with van der Waals surface area (Å²) in [6, 6.07) is 0. The molecule has 192 valence electrons. The topological polar surface area (TPSA) is 60.4 Å². The van der Waals surface area contributed by atoms with Gasteiger partial charge in [-0.25, -0.2) is 0 Å². The van der Waals surface area contributed by atoms with E-state index in [9.17, 15) is 15.0 Å². The van der Waals surface area contributed by atoms with Crippen LogP contribution in [0.15, 0.2) is 0 Å². The molecule has 0 aliphatic heterocycles. The fraction of sp³-hybridized carbons (Fsp3) is 0.964. The van der Waals surface area contributed by atoms with Gasteiger partial charge in [0, 0.05) is 5.97 Å². The second kappa shape index (κ2) is 19.8. The zero-order valence-corrected chi connectivity index (χ0v) is 22.3. The predicted octanol–water partition coefficient (Wildman–Crippen LogP) is 6.39. The van der Waals surface area contributed by atoms with Gasteiger partial charge in [0.1, 0.15) is 12.1 Å². The lowest BCUT2D eigenvalue weighted by Crippen LogP contribution is -2.50. The van der Waals surface area contributed by atoms with Gasteiger partial charge in [-0.15, -0.1) is 0 Å². The van der Waals surface area contributed by atoms with Gasteiger partial charge < -0.3 is 19.5 Å². The Hall–Kier alpha value is -0.610. The van der Waals surface area contributed by atoms with Crippen molar-refractivity contribution < 1.29 is 19.5 Å². The normalized spacial score (nSPS) is 13.9. The minimum absolute atomic E-state index is 0.173.